The SMILES string of the molecule is Cc1cc(C(=O)NCC(N)=NO)co1. The number of carbonyl (C=O) groups is 1. The second-order valence-corrected chi connectivity index (χ2v) is 2.72. The number of carbonyl (C=O) groups excluding carboxylic acids is 1. The zero-order chi connectivity index (χ0) is 10.6. The van der Waals surface area contributed by atoms with Crippen LogP contribution in [0.4, 0.5) is 0 Å². The molecule has 0 bridgehead atoms. The molecule has 0 saturated carbocycles. The molecule has 0 radical (unpaired) electrons. The molecule has 0 aromatic carbocycles. The molecule has 0 aliphatic carbocycles. The minimum absolute atomic E-state index is 0.000436. The van der Waals surface area contributed by atoms with Crippen molar-refractivity contribution in [2.75, 3.05) is 6.54 Å². The maximum atomic E-state index is 11.3. The van der Waals surface area contributed by atoms with Crippen molar-refractivity contribution < 1.29 is 14.4 Å². The van der Waals surface area contributed by atoms with Gasteiger partial charge >= 0.3 is 0 Å². The third-order valence-corrected chi connectivity index (χ3v) is 1.55. The van der Waals surface area contributed by atoms with Gasteiger partial charge in [0.15, 0.2) is 5.84 Å². The van der Waals surface area contributed by atoms with E-state index in [1.807, 2.05) is 0 Å². The van der Waals surface area contributed by atoms with Crippen molar-refractivity contribution in [2.24, 2.45) is 10.9 Å². The Morgan fingerprint density at radius 3 is 3.00 bits per heavy atom. The van der Waals surface area contributed by atoms with Crippen LogP contribution in [-0.2, 0) is 0 Å². The highest BCUT2D eigenvalue weighted by atomic mass is 16.4. The Kier molecular flexibility index (Phi) is 3.11. The molecule has 0 saturated heterocycles. The van der Waals surface area contributed by atoms with Crippen molar-refractivity contribution in [3.8, 4) is 0 Å². The Labute approximate surface area is 80.4 Å². The summed E-state index contributed by atoms with van der Waals surface area (Å²) in [5, 5.41) is 13.4. The molecule has 14 heavy (non-hydrogen) atoms. The molecule has 1 amide bonds. The van der Waals surface area contributed by atoms with E-state index in [0.717, 1.165) is 0 Å². The number of hydrogen-bond donors (Lipinski definition) is 3. The fourth-order valence-electron chi connectivity index (χ4n) is 0.871. The number of aryl methyl sites for hydroxylation is 1. The molecule has 0 spiro atoms. The molecule has 6 heteroatoms. The number of amidine groups is 1. The van der Waals surface area contributed by atoms with Gasteiger partial charge in [-0.2, -0.15) is 0 Å². The fraction of sp³-hybridized carbons (Fsp3) is 0.250. The van der Waals surface area contributed by atoms with Gasteiger partial charge in [-0.15, -0.1) is 0 Å². The summed E-state index contributed by atoms with van der Waals surface area (Å²) in [4.78, 5) is 11.3. The summed E-state index contributed by atoms with van der Waals surface area (Å²) >= 11 is 0. The van der Waals surface area contributed by atoms with Gasteiger partial charge in [-0.05, 0) is 13.0 Å². The average Bonchev–Trinajstić information content (AvgIpc) is 2.60. The summed E-state index contributed by atoms with van der Waals surface area (Å²) < 4.78 is 4.95. The van der Waals surface area contributed by atoms with Crippen LogP contribution in [-0.4, -0.2) is 23.5 Å². The van der Waals surface area contributed by atoms with Crippen LogP contribution in [0.3, 0.4) is 0 Å². The molecular formula is C8H11N3O3. The molecule has 76 valence electrons. The first-order chi connectivity index (χ1) is 6.63. The summed E-state index contributed by atoms with van der Waals surface area (Å²) in [6.07, 6.45) is 1.34. The number of rotatable bonds is 3. The maximum absolute atomic E-state index is 11.3. The number of nitrogens with zero attached hydrogens (tertiary/aromatic N) is 1. The monoisotopic (exact) mass is 197 g/mol. The molecule has 0 atom stereocenters. The summed E-state index contributed by atoms with van der Waals surface area (Å²) in [5.74, 6) is 0.269. The molecule has 0 fully saturated rings. The number of hydrogen-bond acceptors (Lipinski definition) is 4. The average molecular weight is 197 g/mol. The maximum Gasteiger partial charge on any atom is 0.254 e. The molecule has 1 aromatic heterocycles. The van der Waals surface area contributed by atoms with E-state index >= 15 is 0 Å². The Bertz CT molecular complexity index is 356. The van der Waals surface area contributed by atoms with Crippen molar-refractivity contribution in [3.05, 3.63) is 23.7 Å². The van der Waals surface area contributed by atoms with Crippen molar-refractivity contribution in [2.45, 2.75) is 6.92 Å². The van der Waals surface area contributed by atoms with Gasteiger partial charge in [0.2, 0.25) is 0 Å². The summed E-state index contributed by atoms with van der Waals surface area (Å²) in [5.41, 5.74) is 5.58. The zero-order valence-corrected chi connectivity index (χ0v) is 7.65. The molecule has 4 N–H and O–H groups in total. The lowest BCUT2D eigenvalue weighted by Gasteiger charge is -2.00. The standard InChI is InChI=1S/C8H11N3O3/c1-5-2-6(4-14-5)8(12)10-3-7(9)11-13/h2,4,13H,3H2,1H3,(H2,9,11)(H,10,12). The van der Waals surface area contributed by atoms with Gasteiger partial charge in [0.25, 0.3) is 5.91 Å². The normalized spacial score (nSPS) is 11.4. The molecule has 0 aliphatic rings. The number of furan rings is 1. The van der Waals surface area contributed by atoms with E-state index in [4.69, 9.17) is 15.4 Å². The van der Waals surface area contributed by atoms with E-state index in [9.17, 15) is 4.79 Å². The van der Waals surface area contributed by atoms with E-state index in [1.165, 1.54) is 6.26 Å². The third-order valence-electron chi connectivity index (χ3n) is 1.55. The number of amides is 1. The highest BCUT2D eigenvalue weighted by Crippen LogP contribution is 2.05. The number of oxime groups is 1. The van der Waals surface area contributed by atoms with Crippen LogP contribution in [0.25, 0.3) is 0 Å². The molecule has 1 rings (SSSR count). The summed E-state index contributed by atoms with van der Waals surface area (Å²) in [7, 11) is 0. The molecule has 1 heterocycles. The first-order valence-electron chi connectivity index (χ1n) is 3.93. The Balaban J connectivity index is 2.51. The van der Waals surface area contributed by atoms with Crippen LogP contribution < -0.4 is 11.1 Å². The molecular weight excluding hydrogens is 186 g/mol. The highest BCUT2D eigenvalue weighted by Gasteiger charge is 2.08. The Morgan fingerprint density at radius 1 is 1.79 bits per heavy atom. The minimum Gasteiger partial charge on any atom is -0.469 e. The topological polar surface area (TPSA) is 101 Å². The van der Waals surface area contributed by atoms with Gasteiger partial charge in [0, 0.05) is 0 Å². The first kappa shape index (κ1) is 10.1. The molecule has 0 unspecified atom stereocenters. The molecule has 6 nitrogen and oxygen atoms in total. The lowest BCUT2D eigenvalue weighted by Crippen LogP contribution is -2.33. The summed E-state index contributed by atoms with van der Waals surface area (Å²) in [6.45, 7) is 1.74. The largest absolute Gasteiger partial charge is 0.469 e. The molecule has 1 aromatic rings. The lowest BCUT2D eigenvalue weighted by molar-refractivity contribution is 0.0958. The van der Waals surface area contributed by atoms with Gasteiger partial charge in [-0.1, -0.05) is 5.16 Å². The van der Waals surface area contributed by atoms with Crippen molar-refractivity contribution in [1.29, 1.82) is 0 Å². The first-order valence-corrected chi connectivity index (χ1v) is 3.93. The van der Waals surface area contributed by atoms with E-state index in [0.29, 0.717) is 11.3 Å². The molecule has 0 aliphatic heterocycles. The Hall–Kier alpha value is -1.98. The Morgan fingerprint density at radius 2 is 2.50 bits per heavy atom. The minimum atomic E-state index is -0.326. The van der Waals surface area contributed by atoms with Gasteiger partial charge < -0.3 is 20.7 Å². The predicted molar refractivity (Wildman–Crippen MR) is 49.2 cm³/mol. The van der Waals surface area contributed by atoms with Gasteiger partial charge in [0.05, 0.1) is 12.1 Å². The zero-order valence-electron chi connectivity index (χ0n) is 7.65. The van der Waals surface area contributed by atoms with E-state index in [-0.39, 0.29) is 18.3 Å². The van der Waals surface area contributed by atoms with E-state index in [1.54, 1.807) is 13.0 Å². The number of nitrogens with two attached hydrogens (primary N) is 1. The van der Waals surface area contributed by atoms with Crippen LogP contribution in [0.2, 0.25) is 0 Å². The second kappa shape index (κ2) is 4.31. The third kappa shape index (κ3) is 2.51. The smallest absolute Gasteiger partial charge is 0.254 e. The van der Waals surface area contributed by atoms with Crippen LogP contribution in [0.15, 0.2) is 21.9 Å². The second-order valence-electron chi connectivity index (χ2n) is 2.72. The van der Waals surface area contributed by atoms with Gasteiger partial charge in [0.1, 0.15) is 12.0 Å². The van der Waals surface area contributed by atoms with Crippen molar-refractivity contribution >= 4 is 11.7 Å². The number of nitrogens with one attached hydrogen (secondary N) is 1. The fourth-order valence-corrected chi connectivity index (χ4v) is 0.871. The highest BCUT2D eigenvalue weighted by molar-refractivity contribution is 5.96. The van der Waals surface area contributed by atoms with Crippen LogP contribution in [0.5, 0.6) is 0 Å². The van der Waals surface area contributed by atoms with E-state index in [2.05, 4.69) is 10.5 Å². The van der Waals surface area contributed by atoms with Crippen molar-refractivity contribution in [3.63, 3.8) is 0 Å². The lowest BCUT2D eigenvalue weighted by atomic mass is 10.3. The van der Waals surface area contributed by atoms with Gasteiger partial charge in [-0.3, -0.25) is 4.79 Å². The van der Waals surface area contributed by atoms with Gasteiger partial charge in [-0.25, -0.2) is 0 Å². The predicted octanol–water partition coefficient (Wildman–Crippen LogP) is 0.0642. The van der Waals surface area contributed by atoms with Crippen LogP contribution >= 0.6 is 0 Å². The van der Waals surface area contributed by atoms with Crippen molar-refractivity contribution in [1.82, 2.24) is 5.32 Å². The quantitative estimate of drug-likeness (QED) is 0.276. The summed E-state index contributed by atoms with van der Waals surface area (Å²) in [6, 6.07) is 1.60. The van der Waals surface area contributed by atoms with Crippen LogP contribution in [0.1, 0.15) is 16.1 Å². The van der Waals surface area contributed by atoms with Crippen LogP contribution in [0, 0.1) is 6.92 Å². The van der Waals surface area contributed by atoms with E-state index < -0.39 is 0 Å².